The Balaban J connectivity index is 2.33. The van der Waals surface area contributed by atoms with Crippen molar-refractivity contribution in [3.8, 4) is 0 Å². The van der Waals surface area contributed by atoms with Gasteiger partial charge in [0.25, 0.3) is 0 Å². The van der Waals surface area contributed by atoms with E-state index in [9.17, 15) is 13.6 Å². The number of anilines is 1. The molecule has 4 nitrogen and oxygen atoms in total. The Hall–Kier alpha value is -1.69. The number of primary amides is 1. The molecule has 0 saturated carbocycles. The van der Waals surface area contributed by atoms with Crippen LogP contribution < -0.4 is 16.0 Å². The lowest BCUT2D eigenvalue weighted by Gasteiger charge is -2.39. The van der Waals surface area contributed by atoms with Gasteiger partial charge >= 0.3 is 0 Å². The Bertz CT molecular complexity index is 513. The highest BCUT2D eigenvalue weighted by Crippen LogP contribution is 2.32. The molecule has 0 spiro atoms. The first kappa shape index (κ1) is 15.7. The van der Waals surface area contributed by atoms with Crippen molar-refractivity contribution in [2.24, 2.45) is 11.7 Å². The summed E-state index contributed by atoms with van der Waals surface area (Å²) in [4.78, 5) is 13.0. The lowest BCUT2D eigenvalue weighted by atomic mass is 9.92. The largest absolute Gasteiger partial charge is 0.369 e. The number of carbonyl (C=O) groups is 1. The monoisotopic (exact) mass is 297 g/mol. The summed E-state index contributed by atoms with van der Waals surface area (Å²) in [5.74, 6) is -1.98. The van der Waals surface area contributed by atoms with Crippen LogP contribution in [0.5, 0.6) is 0 Å². The first-order chi connectivity index (χ1) is 9.93. The molecule has 2 atom stereocenters. The lowest BCUT2D eigenvalue weighted by molar-refractivity contribution is -0.122. The van der Waals surface area contributed by atoms with Gasteiger partial charge in [-0.1, -0.05) is 0 Å². The zero-order chi connectivity index (χ0) is 15.6. The highest BCUT2D eigenvalue weighted by molar-refractivity contribution is 5.77. The Morgan fingerprint density at radius 2 is 2.00 bits per heavy atom. The molecule has 0 radical (unpaired) electrons. The van der Waals surface area contributed by atoms with E-state index >= 15 is 0 Å². The summed E-state index contributed by atoms with van der Waals surface area (Å²) in [5, 5.41) is 2.86. The summed E-state index contributed by atoms with van der Waals surface area (Å²) in [5.41, 5.74) is 5.82. The van der Waals surface area contributed by atoms with Crippen LogP contribution in [0.2, 0.25) is 0 Å². The zero-order valence-electron chi connectivity index (χ0n) is 12.3. The van der Waals surface area contributed by atoms with Crippen molar-refractivity contribution in [2.75, 3.05) is 18.5 Å². The molecule has 0 aliphatic carbocycles. The molecule has 1 heterocycles. The second-order valence-corrected chi connectivity index (χ2v) is 5.62. The maximum Gasteiger partial charge on any atom is 0.222 e. The average Bonchev–Trinajstić information content (AvgIpc) is 2.40. The van der Waals surface area contributed by atoms with Crippen LogP contribution in [0.25, 0.3) is 0 Å². The summed E-state index contributed by atoms with van der Waals surface area (Å²) in [7, 11) is 1.72. The van der Waals surface area contributed by atoms with Gasteiger partial charge in [-0.3, -0.25) is 4.79 Å². The number of piperidine rings is 1. The smallest absolute Gasteiger partial charge is 0.222 e. The van der Waals surface area contributed by atoms with Gasteiger partial charge in [-0.05, 0) is 44.5 Å². The predicted molar refractivity (Wildman–Crippen MR) is 77.8 cm³/mol. The van der Waals surface area contributed by atoms with E-state index in [2.05, 4.69) is 5.32 Å². The molecular formula is C15H21F2N3O. The van der Waals surface area contributed by atoms with Crippen molar-refractivity contribution >= 4 is 11.6 Å². The molecule has 0 aromatic heterocycles. The van der Waals surface area contributed by atoms with Crippen molar-refractivity contribution < 1.29 is 13.6 Å². The standard InChI is InChI=1S/C15H21F2N3O/c1-9-3-4-11(15(18)21)8-20(9)14-12(16)5-10(7-19-2)6-13(14)17/h5-6,9,11,19H,3-4,7-8H2,1-2H3,(H2,18,21). The Labute approximate surface area is 123 Å². The van der Waals surface area contributed by atoms with Gasteiger partial charge in [0.15, 0.2) is 0 Å². The van der Waals surface area contributed by atoms with Crippen LogP contribution in [0.1, 0.15) is 25.3 Å². The zero-order valence-corrected chi connectivity index (χ0v) is 12.3. The minimum absolute atomic E-state index is 0.0280. The number of hydrogen-bond acceptors (Lipinski definition) is 3. The number of nitrogens with zero attached hydrogens (tertiary/aromatic N) is 1. The Kier molecular flexibility index (Phi) is 4.77. The van der Waals surface area contributed by atoms with Gasteiger partial charge in [-0.2, -0.15) is 0 Å². The van der Waals surface area contributed by atoms with Crippen LogP contribution in [0.15, 0.2) is 12.1 Å². The first-order valence-electron chi connectivity index (χ1n) is 7.12. The SMILES string of the molecule is CNCc1cc(F)c(N2CC(C(N)=O)CCC2C)c(F)c1. The van der Waals surface area contributed by atoms with Gasteiger partial charge in [-0.25, -0.2) is 8.78 Å². The van der Waals surface area contributed by atoms with Crippen molar-refractivity contribution in [3.63, 3.8) is 0 Å². The first-order valence-corrected chi connectivity index (χ1v) is 7.12. The topological polar surface area (TPSA) is 58.4 Å². The van der Waals surface area contributed by atoms with Crippen LogP contribution in [0, 0.1) is 17.6 Å². The van der Waals surface area contributed by atoms with Gasteiger partial charge in [0, 0.05) is 19.1 Å². The molecule has 1 aliphatic rings. The second kappa shape index (κ2) is 6.39. The Morgan fingerprint density at radius 1 is 1.38 bits per heavy atom. The predicted octanol–water partition coefficient (Wildman–Crippen LogP) is 1.77. The second-order valence-electron chi connectivity index (χ2n) is 5.62. The van der Waals surface area contributed by atoms with Crippen molar-refractivity contribution in [1.29, 1.82) is 0 Å². The minimum atomic E-state index is -0.600. The normalized spacial score (nSPS) is 22.4. The van der Waals surface area contributed by atoms with Gasteiger partial charge in [-0.15, -0.1) is 0 Å². The van der Waals surface area contributed by atoms with Crippen molar-refractivity contribution in [3.05, 3.63) is 29.3 Å². The van der Waals surface area contributed by atoms with Crippen molar-refractivity contribution in [2.45, 2.75) is 32.4 Å². The highest BCUT2D eigenvalue weighted by Gasteiger charge is 2.31. The van der Waals surface area contributed by atoms with E-state index < -0.39 is 17.5 Å². The van der Waals surface area contributed by atoms with Crippen LogP contribution >= 0.6 is 0 Å². The van der Waals surface area contributed by atoms with Gasteiger partial charge < -0.3 is 16.0 Å². The molecule has 1 saturated heterocycles. The molecule has 3 N–H and O–H groups in total. The van der Waals surface area contributed by atoms with E-state index in [1.807, 2.05) is 6.92 Å². The highest BCUT2D eigenvalue weighted by atomic mass is 19.1. The Morgan fingerprint density at radius 3 is 2.52 bits per heavy atom. The fraction of sp³-hybridized carbons (Fsp3) is 0.533. The van der Waals surface area contributed by atoms with Gasteiger partial charge in [0.05, 0.1) is 5.92 Å². The molecule has 1 amide bonds. The van der Waals surface area contributed by atoms with E-state index in [1.165, 1.54) is 12.1 Å². The number of rotatable bonds is 4. The van der Waals surface area contributed by atoms with Crippen molar-refractivity contribution in [1.82, 2.24) is 5.32 Å². The van der Waals surface area contributed by atoms with E-state index in [1.54, 1.807) is 11.9 Å². The maximum absolute atomic E-state index is 14.3. The number of nitrogens with one attached hydrogen (secondary N) is 1. The number of benzene rings is 1. The summed E-state index contributed by atoms with van der Waals surface area (Å²) in [6.07, 6.45) is 1.35. The lowest BCUT2D eigenvalue weighted by Crippen LogP contribution is -2.46. The van der Waals surface area contributed by atoms with Crippen LogP contribution in [0.3, 0.4) is 0 Å². The molecule has 1 aliphatic heterocycles. The fourth-order valence-electron chi connectivity index (χ4n) is 2.85. The number of halogens is 2. The summed E-state index contributed by atoms with van der Waals surface area (Å²) >= 11 is 0. The third kappa shape index (κ3) is 3.32. The summed E-state index contributed by atoms with van der Waals surface area (Å²) in [6.45, 7) is 2.56. The van der Waals surface area contributed by atoms with Crippen LogP contribution in [0.4, 0.5) is 14.5 Å². The third-order valence-electron chi connectivity index (χ3n) is 4.03. The number of hydrogen-bond donors (Lipinski definition) is 2. The molecule has 21 heavy (non-hydrogen) atoms. The minimum Gasteiger partial charge on any atom is -0.369 e. The van der Waals surface area contributed by atoms with Gasteiger partial charge in [0.2, 0.25) is 5.91 Å². The molecule has 116 valence electrons. The number of carbonyl (C=O) groups excluding carboxylic acids is 1. The van der Waals surface area contributed by atoms with Gasteiger partial charge in [0.1, 0.15) is 17.3 Å². The maximum atomic E-state index is 14.3. The molecule has 6 heteroatoms. The average molecular weight is 297 g/mol. The van der Waals surface area contributed by atoms with Crippen LogP contribution in [-0.4, -0.2) is 25.5 Å². The molecule has 1 aromatic carbocycles. The third-order valence-corrected chi connectivity index (χ3v) is 4.03. The molecule has 2 unspecified atom stereocenters. The molecule has 1 fully saturated rings. The fourth-order valence-corrected chi connectivity index (χ4v) is 2.85. The van der Waals surface area contributed by atoms with E-state index in [-0.39, 0.29) is 24.2 Å². The molecule has 1 aromatic rings. The number of nitrogens with two attached hydrogens (primary N) is 1. The van der Waals surface area contributed by atoms with E-state index in [0.717, 1.165) is 0 Å². The molecule has 2 rings (SSSR count). The summed E-state index contributed by atoms with van der Waals surface area (Å²) in [6, 6.07) is 2.63. The quantitative estimate of drug-likeness (QED) is 0.890. The van der Waals surface area contributed by atoms with E-state index in [4.69, 9.17) is 5.73 Å². The number of amides is 1. The van der Waals surface area contributed by atoms with Crippen LogP contribution in [-0.2, 0) is 11.3 Å². The summed E-state index contributed by atoms with van der Waals surface area (Å²) < 4.78 is 28.6. The van der Waals surface area contributed by atoms with E-state index in [0.29, 0.717) is 24.9 Å². The molecule has 0 bridgehead atoms. The molecular weight excluding hydrogens is 276 g/mol.